The third kappa shape index (κ3) is 3.76. The van der Waals surface area contributed by atoms with Gasteiger partial charge in [0.25, 0.3) is 5.91 Å². The standard InChI is InChI=1S/C18H20N2O5/c1-24-15-5-3-2-4-14(15)20-7-6-12(10-20)9-19-17(21)16-8-13(11-25-16)18(22)23/h2-5,8,11-12H,6-7,9-10H2,1H3,(H,19,21)(H,22,23). The highest BCUT2D eigenvalue weighted by molar-refractivity contribution is 5.95. The van der Waals surface area contributed by atoms with Crippen LogP contribution < -0.4 is 15.0 Å². The minimum atomic E-state index is -1.12. The lowest BCUT2D eigenvalue weighted by Gasteiger charge is -2.21. The molecular formula is C18H20N2O5. The molecule has 25 heavy (non-hydrogen) atoms. The first kappa shape index (κ1) is 16.9. The molecule has 132 valence electrons. The van der Waals surface area contributed by atoms with Gasteiger partial charge in [-0.15, -0.1) is 0 Å². The van der Waals surface area contributed by atoms with E-state index in [1.807, 2.05) is 24.3 Å². The zero-order chi connectivity index (χ0) is 17.8. The molecule has 7 heteroatoms. The van der Waals surface area contributed by atoms with Crippen LogP contribution in [-0.4, -0.2) is 43.7 Å². The molecule has 0 aliphatic carbocycles. The molecule has 1 atom stereocenters. The Morgan fingerprint density at radius 2 is 2.20 bits per heavy atom. The van der Waals surface area contributed by atoms with E-state index < -0.39 is 11.9 Å². The van der Waals surface area contributed by atoms with E-state index >= 15 is 0 Å². The summed E-state index contributed by atoms with van der Waals surface area (Å²) in [5.41, 5.74) is 1.02. The number of carboxylic acid groups (broad SMARTS) is 1. The number of anilines is 1. The summed E-state index contributed by atoms with van der Waals surface area (Å²) in [6, 6.07) is 9.10. The summed E-state index contributed by atoms with van der Waals surface area (Å²) in [5.74, 6) is -0.363. The Hall–Kier alpha value is -2.96. The Bertz CT molecular complexity index is 770. The average Bonchev–Trinajstić information content (AvgIpc) is 3.29. The molecule has 2 N–H and O–H groups in total. The van der Waals surface area contributed by atoms with E-state index in [1.165, 1.54) is 6.07 Å². The number of furan rings is 1. The van der Waals surface area contributed by atoms with E-state index in [0.717, 1.165) is 37.2 Å². The second kappa shape index (κ2) is 7.29. The van der Waals surface area contributed by atoms with Gasteiger partial charge in [0.1, 0.15) is 12.0 Å². The van der Waals surface area contributed by atoms with Gasteiger partial charge in [-0.1, -0.05) is 12.1 Å². The first-order valence-electron chi connectivity index (χ1n) is 8.06. The molecule has 1 unspecified atom stereocenters. The molecule has 0 spiro atoms. The molecule has 1 amide bonds. The number of amides is 1. The van der Waals surface area contributed by atoms with Crippen LogP contribution in [0, 0.1) is 5.92 Å². The van der Waals surface area contributed by atoms with E-state index in [-0.39, 0.29) is 11.3 Å². The summed E-state index contributed by atoms with van der Waals surface area (Å²) in [7, 11) is 1.65. The predicted molar refractivity (Wildman–Crippen MR) is 91.3 cm³/mol. The zero-order valence-electron chi connectivity index (χ0n) is 13.9. The van der Waals surface area contributed by atoms with E-state index in [0.29, 0.717) is 12.5 Å². The molecule has 1 aromatic carbocycles. The number of benzene rings is 1. The molecular weight excluding hydrogens is 324 g/mol. The fourth-order valence-corrected chi connectivity index (χ4v) is 3.00. The highest BCUT2D eigenvalue weighted by atomic mass is 16.5. The number of rotatable bonds is 6. The van der Waals surface area contributed by atoms with E-state index in [4.69, 9.17) is 14.3 Å². The highest BCUT2D eigenvalue weighted by Crippen LogP contribution is 2.31. The number of hydrogen-bond donors (Lipinski definition) is 2. The summed E-state index contributed by atoms with van der Waals surface area (Å²) in [5, 5.41) is 11.7. The van der Waals surface area contributed by atoms with Crippen LogP contribution in [0.1, 0.15) is 27.3 Å². The molecule has 3 rings (SSSR count). The summed E-state index contributed by atoms with van der Waals surface area (Å²) >= 11 is 0. The summed E-state index contributed by atoms with van der Waals surface area (Å²) in [4.78, 5) is 25.1. The third-order valence-corrected chi connectivity index (χ3v) is 4.33. The number of carbonyl (C=O) groups excluding carboxylic acids is 1. The second-order valence-electron chi connectivity index (χ2n) is 5.99. The van der Waals surface area contributed by atoms with E-state index in [2.05, 4.69) is 10.2 Å². The van der Waals surface area contributed by atoms with Crippen molar-refractivity contribution in [1.82, 2.24) is 5.32 Å². The first-order valence-corrected chi connectivity index (χ1v) is 8.06. The normalized spacial score (nSPS) is 16.7. The minimum absolute atomic E-state index is 0.0111. The zero-order valence-corrected chi connectivity index (χ0v) is 13.9. The predicted octanol–water partition coefficient (Wildman–Crippen LogP) is 2.24. The van der Waals surface area contributed by atoms with Crippen molar-refractivity contribution in [3.63, 3.8) is 0 Å². The fourth-order valence-electron chi connectivity index (χ4n) is 3.00. The van der Waals surface area contributed by atoms with Crippen LogP contribution in [0.2, 0.25) is 0 Å². The monoisotopic (exact) mass is 344 g/mol. The average molecular weight is 344 g/mol. The molecule has 2 heterocycles. The van der Waals surface area contributed by atoms with Crippen molar-refractivity contribution in [2.24, 2.45) is 5.92 Å². The van der Waals surface area contributed by atoms with Crippen molar-refractivity contribution in [3.05, 3.63) is 47.9 Å². The van der Waals surface area contributed by atoms with Gasteiger partial charge >= 0.3 is 5.97 Å². The molecule has 1 aliphatic rings. The van der Waals surface area contributed by atoms with Crippen LogP contribution in [0.25, 0.3) is 0 Å². The number of methoxy groups -OCH3 is 1. The fraction of sp³-hybridized carbons (Fsp3) is 0.333. The van der Waals surface area contributed by atoms with Gasteiger partial charge in [-0.05, 0) is 24.5 Å². The van der Waals surface area contributed by atoms with Crippen LogP contribution in [-0.2, 0) is 0 Å². The van der Waals surface area contributed by atoms with Gasteiger partial charge in [0.2, 0.25) is 0 Å². The molecule has 1 saturated heterocycles. The second-order valence-corrected chi connectivity index (χ2v) is 5.99. The number of nitrogens with one attached hydrogen (secondary N) is 1. The lowest BCUT2D eigenvalue weighted by atomic mass is 10.1. The van der Waals surface area contributed by atoms with Crippen LogP contribution in [0.4, 0.5) is 5.69 Å². The number of aromatic carboxylic acids is 1. The molecule has 1 aromatic heterocycles. The van der Waals surface area contributed by atoms with Gasteiger partial charge < -0.3 is 24.5 Å². The van der Waals surface area contributed by atoms with Crippen LogP contribution in [0.3, 0.4) is 0 Å². The molecule has 2 aromatic rings. The maximum absolute atomic E-state index is 12.1. The van der Waals surface area contributed by atoms with Crippen LogP contribution in [0.15, 0.2) is 41.0 Å². The van der Waals surface area contributed by atoms with Crippen molar-refractivity contribution < 1.29 is 23.8 Å². The van der Waals surface area contributed by atoms with E-state index in [9.17, 15) is 9.59 Å². The smallest absolute Gasteiger partial charge is 0.338 e. The maximum atomic E-state index is 12.1. The van der Waals surface area contributed by atoms with Gasteiger partial charge in [-0.25, -0.2) is 4.79 Å². The van der Waals surface area contributed by atoms with Gasteiger partial charge in [-0.2, -0.15) is 0 Å². The van der Waals surface area contributed by atoms with Crippen molar-refractivity contribution in [2.45, 2.75) is 6.42 Å². The Labute approximate surface area is 145 Å². The Morgan fingerprint density at radius 1 is 1.40 bits per heavy atom. The molecule has 1 aliphatic heterocycles. The summed E-state index contributed by atoms with van der Waals surface area (Å²) in [6.45, 7) is 2.22. The molecule has 0 radical (unpaired) electrons. The van der Waals surface area contributed by atoms with Crippen molar-refractivity contribution in [2.75, 3.05) is 31.6 Å². The van der Waals surface area contributed by atoms with Crippen molar-refractivity contribution in [3.8, 4) is 5.75 Å². The summed E-state index contributed by atoms with van der Waals surface area (Å²) in [6.07, 6.45) is 2.02. The number of carbonyl (C=O) groups is 2. The largest absolute Gasteiger partial charge is 0.495 e. The Kier molecular flexibility index (Phi) is 4.92. The Balaban J connectivity index is 1.54. The number of nitrogens with zero attached hydrogens (tertiary/aromatic N) is 1. The number of carboxylic acids is 1. The molecule has 7 nitrogen and oxygen atoms in total. The maximum Gasteiger partial charge on any atom is 0.338 e. The lowest BCUT2D eigenvalue weighted by Crippen LogP contribution is -2.30. The Morgan fingerprint density at radius 3 is 2.92 bits per heavy atom. The molecule has 1 fully saturated rings. The van der Waals surface area contributed by atoms with Crippen molar-refractivity contribution in [1.29, 1.82) is 0 Å². The van der Waals surface area contributed by atoms with Crippen LogP contribution in [0.5, 0.6) is 5.75 Å². The van der Waals surface area contributed by atoms with Gasteiger partial charge in [0.15, 0.2) is 5.76 Å². The number of ether oxygens (including phenoxy) is 1. The molecule has 0 bridgehead atoms. The minimum Gasteiger partial charge on any atom is -0.495 e. The number of hydrogen-bond acceptors (Lipinski definition) is 5. The highest BCUT2D eigenvalue weighted by Gasteiger charge is 2.25. The number of para-hydroxylation sites is 2. The summed E-state index contributed by atoms with van der Waals surface area (Å²) < 4.78 is 10.4. The van der Waals surface area contributed by atoms with Gasteiger partial charge in [-0.3, -0.25) is 4.79 Å². The molecule has 0 saturated carbocycles. The lowest BCUT2D eigenvalue weighted by molar-refractivity contribution is 0.0696. The van der Waals surface area contributed by atoms with Gasteiger partial charge in [0, 0.05) is 25.7 Å². The SMILES string of the molecule is COc1ccccc1N1CCC(CNC(=O)c2cc(C(=O)O)co2)C1. The van der Waals surface area contributed by atoms with E-state index in [1.54, 1.807) is 7.11 Å². The van der Waals surface area contributed by atoms with Gasteiger partial charge in [0.05, 0.1) is 18.4 Å². The third-order valence-electron chi connectivity index (χ3n) is 4.33. The first-order chi connectivity index (χ1) is 12.1. The van der Waals surface area contributed by atoms with Crippen molar-refractivity contribution >= 4 is 17.6 Å². The quantitative estimate of drug-likeness (QED) is 0.835. The topological polar surface area (TPSA) is 92.0 Å². The van der Waals surface area contributed by atoms with Crippen LogP contribution >= 0.6 is 0 Å².